The molecule has 0 radical (unpaired) electrons. The van der Waals surface area contributed by atoms with Crippen molar-refractivity contribution < 1.29 is 5.21 Å². The molecule has 0 heterocycles. The van der Waals surface area contributed by atoms with E-state index in [0.29, 0.717) is 5.71 Å². The Labute approximate surface area is 90.9 Å². The van der Waals surface area contributed by atoms with Crippen LogP contribution in [-0.4, -0.2) is 10.9 Å². The first kappa shape index (κ1) is 11.5. The van der Waals surface area contributed by atoms with Gasteiger partial charge in [0.15, 0.2) is 0 Å². The van der Waals surface area contributed by atoms with Crippen molar-refractivity contribution in [3.63, 3.8) is 0 Å². The molecule has 0 amide bonds. The van der Waals surface area contributed by atoms with Gasteiger partial charge >= 0.3 is 0 Å². The van der Waals surface area contributed by atoms with Crippen molar-refractivity contribution in [2.24, 2.45) is 10.6 Å². The predicted molar refractivity (Wildman–Crippen MR) is 63.4 cm³/mol. The fourth-order valence-corrected chi connectivity index (χ4v) is 1.34. The number of benzene rings is 1. The number of hydrogen-bond acceptors (Lipinski definition) is 2. The van der Waals surface area contributed by atoms with Crippen molar-refractivity contribution in [2.45, 2.75) is 20.8 Å². The Morgan fingerprint density at radius 2 is 1.80 bits per heavy atom. The Bertz CT molecular complexity index is 377. The third-order valence-electron chi connectivity index (χ3n) is 2.81. The molecule has 2 heteroatoms. The largest absolute Gasteiger partial charge is 0.411 e. The Balaban J connectivity index is 3.18. The molecule has 0 spiro atoms. The SMILES string of the molecule is C=C(C)C(C)(C)C(=NO)c1ccccc1. The molecule has 1 rings (SSSR count). The van der Waals surface area contributed by atoms with Crippen LogP contribution in [0.15, 0.2) is 47.6 Å². The van der Waals surface area contributed by atoms with Crippen LogP contribution in [-0.2, 0) is 0 Å². The highest BCUT2D eigenvalue weighted by molar-refractivity contribution is 6.05. The lowest BCUT2D eigenvalue weighted by Gasteiger charge is -2.26. The van der Waals surface area contributed by atoms with Crippen LogP contribution in [0, 0.1) is 5.41 Å². The maximum Gasteiger partial charge on any atom is 0.0963 e. The second kappa shape index (κ2) is 4.30. The van der Waals surface area contributed by atoms with Crippen molar-refractivity contribution in [3.05, 3.63) is 48.0 Å². The average Bonchev–Trinajstić information content (AvgIpc) is 2.19. The maximum atomic E-state index is 9.11. The lowest BCUT2D eigenvalue weighted by atomic mass is 9.78. The Morgan fingerprint density at radius 3 is 2.20 bits per heavy atom. The van der Waals surface area contributed by atoms with Crippen LogP contribution >= 0.6 is 0 Å². The highest BCUT2D eigenvalue weighted by Crippen LogP contribution is 2.29. The van der Waals surface area contributed by atoms with Crippen molar-refractivity contribution in [2.75, 3.05) is 0 Å². The summed E-state index contributed by atoms with van der Waals surface area (Å²) in [6.07, 6.45) is 0. The number of nitrogens with zero attached hydrogens (tertiary/aromatic N) is 1. The summed E-state index contributed by atoms with van der Waals surface area (Å²) in [6.45, 7) is 9.86. The van der Waals surface area contributed by atoms with Crippen molar-refractivity contribution >= 4 is 5.71 Å². The van der Waals surface area contributed by atoms with Gasteiger partial charge in [-0.25, -0.2) is 0 Å². The lowest BCUT2D eigenvalue weighted by molar-refractivity contribution is 0.312. The molecule has 0 aliphatic carbocycles. The number of oxime groups is 1. The minimum absolute atomic E-state index is 0.323. The van der Waals surface area contributed by atoms with Gasteiger partial charge in [0.05, 0.1) is 5.71 Å². The topological polar surface area (TPSA) is 32.6 Å². The summed E-state index contributed by atoms with van der Waals surface area (Å²) in [5.74, 6) is 0. The van der Waals surface area contributed by atoms with E-state index < -0.39 is 0 Å². The molecule has 0 unspecified atom stereocenters. The molecule has 0 saturated carbocycles. The lowest BCUT2D eigenvalue weighted by Crippen LogP contribution is -2.26. The van der Waals surface area contributed by atoms with Gasteiger partial charge in [-0.15, -0.1) is 0 Å². The number of rotatable bonds is 3. The molecular weight excluding hydrogens is 186 g/mol. The summed E-state index contributed by atoms with van der Waals surface area (Å²) in [4.78, 5) is 0. The predicted octanol–water partition coefficient (Wildman–Crippen LogP) is 3.47. The van der Waals surface area contributed by atoms with Crippen LogP contribution in [0.2, 0.25) is 0 Å². The highest BCUT2D eigenvalue weighted by Gasteiger charge is 2.27. The second-order valence-electron chi connectivity index (χ2n) is 4.22. The fourth-order valence-electron chi connectivity index (χ4n) is 1.34. The van der Waals surface area contributed by atoms with Gasteiger partial charge in [0.2, 0.25) is 0 Å². The zero-order valence-electron chi connectivity index (χ0n) is 9.49. The first-order valence-corrected chi connectivity index (χ1v) is 4.94. The molecule has 1 aromatic carbocycles. The second-order valence-corrected chi connectivity index (χ2v) is 4.22. The van der Waals surface area contributed by atoms with Gasteiger partial charge < -0.3 is 5.21 Å². The van der Waals surface area contributed by atoms with Crippen LogP contribution in [0.4, 0.5) is 0 Å². The van der Waals surface area contributed by atoms with E-state index >= 15 is 0 Å². The fraction of sp³-hybridized carbons (Fsp3) is 0.308. The first-order valence-electron chi connectivity index (χ1n) is 4.94. The average molecular weight is 203 g/mol. The number of hydrogen-bond donors (Lipinski definition) is 1. The molecule has 0 aromatic heterocycles. The van der Waals surface area contributed by atoms with Gasteiger partial charge in [-0.2, -0.15) is 0 Å². The van der Waals surface area contributed by atoms with E-state index in [1.54, 1.807) is 0 Å². The van der Waals surface area contributed by atoms with Crippen molar-refractivity contribution in [3.8, 4) is 0 Å². The van der Waals surface area contributed by atoms with Gasteiger partial charge in [-0.05, 0) is 6.92 Å². The van der Waals surface area contributed by atoms with Crippen LogP contribution in [0.1, 0.15) is 26.3 Å². The minimum atomic E-state index is -0.323. The van der Waals surface area contributed by atoms with Crippen molar-refractivity contribution in [1.29, 1.82) is 0 Å². The summed E-state index contributed by atoms with van der Waals surface area (Å²) in [5, 5.41) is 12.5. The van der Waals surface area contributed by atoms with E-state index in [1.807, 2.05) is 51.1 Å². The minimum Gasteiger partial charge on any atom is -0.411 e. The van der Waals surface area contributed by atoms with Gasteiger partial charge in [0.25, 0.3) is 0 Å². The molecule has 0 atom stereocenters. The Morgan fingerprint density at radius 1 is 1.27 bits per heavy atom. The summed E-state index contributed by atoms with van der Waals surface area (Å²) in [7, 11) is 0. The highest BCUT2D eigenvalue weighted by atomic mass is 16.4. The molecule has 1 aromatic rings. The van der Waals surface area contributed by atoms with Gasteiger partial charge in [-0.3, -0.25) is 0 Å². The van der Waals surface area contributed by atoms with E-state index in [2.05, 4.69) is 11.7 Å². The van der Waals surface area contributed by atoms with E-state index in [-0.39, 0.29) is 5.41 Å². The first-order chi connectivity index (χ1) is 7.00. The van der Waals surface area contributed by atoms with Gasteiger partial charge in [0, 0.05) is 11.0 Å². The third-order valence-corrected chi connectivity index (χ3v) is 2.81. The molecule has 0 saturated heterocycles. The van der Waals surface area contributed by atoms with E-state index in [4.69, 9.17) is 5.21 Å². The summed E-state index contributed by atoms with van der Waals surface area (Å²) in [6, 6.07) is 9.65. The quantitative estimate of drug-likeness (QED) is 0.347. The third kappa shape index (κ3) is 2.27. The van der Waals surface area contributed by atoms with Gasteiger partial charge in [-0.1, -0.05) is 61.5 Å². The van der Waals surface area contributed by atoms with Crippen LogP contribution < -0.4 is 0 Å². The molecule has 2 nitrogen and oxygen atoms in total. The zero-order valence-corrected chi connectivity index (χ0v) is 9.49. The smallest absolute Gasteiger partial charge is 0.0963 e. The van der Waals surface area contributed by atoms with Gasteiger partial charge in [0.1, 0.15) is 0 Å². The normalized spacial score (nSPS) is 12.6. The van der Waals surface area contributed by atoms with E-state index in [0.717, 1.165) is 11.1 Å². The van der Waals surface area contributed by atoms with Crippen LogP contribution in [0.3, 0.4) is 0 Å². The summed E-state index contributed by atoms with van der Waals surface area (Å²) >= 11 is 0. The van der Waals surface area contributed by atoms with Crippen molar-refractivity contribution in [1.82, 2.24) is 0 Å². The molecule has 80 valence electrons. The van der Waals surface area contributed by atoms with Crippen LogP contribution in [0.25, 0.3) is 0 Å². The monoisotopic (exact) mass is 203 g/mol. The maximum absolute atomic E-state index is 9.11. The molecule has 0 fully saturated rings. The Hall–Kier alpha value is -1.57. The Kier molecular flexibility index (Phi) is 3.30. The van der Waals surface area contributed by atoms with Crippen LogP contribution in [0.5, 0.6) is 0 Å². The standard InChI is InChI=1S/C13H17NO/c1-10(2)13(3,4)12(14-15)11-8-6-5-7-9-11/h5-9,15H,1H2,2-4H3. The molecule has 1 N–H and O–H groups in total. The molecule has 0 bridgehead atoms. The molecule has 0 aliphatic rings. The summed E-state index contributed by atoms with van der Waals surface area (Å²) in [5.41, 5.74) is 2.22. The molecule has 0 aliphatic heterocycles. The molecular formula is C13H17NO. The summed E-state index contributed by atoms with van der Waals surface area (Å²) < 4.78 is 0. The van der Waals surface area contributed by atoms with E-state index in [1.165, 1.54) is 0 Å². The molecule has 15 heavy (non-hydrogen) atoms. The zero-order chi connectivity index (χ0) is 11.5. The van der Waals surface area contributed by atoms with E-state index in [9.17, 15) is 0 Å². The number of allylic oxidation sites excluding steroid dienone is 1.